The maximum absolute atomic E-state index is 13.0. The van der Waals surface area contributed by atoms with Crippen LogP contribution >= 0.6 is 15.9 Å². The molecule has 1 N–H and O–H groups in total. The van der Waals surface area contributed by atoms with E-state index in [9.17, 15) is 14.0 Å². The summed E-state index contributed by atoms with van der Waals surface area (Å²) in [5, 5.41) is 8.99. The molecule has 0 aliphatic carbocycles. The van der Waals surface area contributed by atoms with Crippen molar-refractivity contribution in [3.05, 3.63) is 29.6 Å². The maximum Gasteiger partial charge on any atom is 0.337 e. The highest BCUT2D eigenvalue weighted by atomic mass is 79.9. The van der Waals surface area contributed by atoms with Gasteiger partial charge in [-0.3, -0.25) is 4.79 Å². The Bertz CT molecular complexity index is 492. The summed E-state index contributed by atoms with van der Waals surface area (Å²) in [6, 6.07) is 3.39. The number of carbonyl (C=O) groups excluding carboxylic acids is 1. The molecule has 1 amide bonds. The molecule has 2 rings (SSSR count). The topological polar surface area (TPSA) is 57.6 Å². The Kier molecular flexibility index (Phi) is 3.15. The smallest absolute Gasteiger partial charge is 0.337 e. The number of nitrogens with zero attached hydrogens (tertiary/aromatic N) is 1. The molecule has 1 heterocycles. The third kappa shape index (κ3) is 2.31. The van der Waals surface area contributed by atoms with Gasteiger partial charge in [-0.15, -0.1) is 0 Å². The first-order valence-corrected chi connectivity index (χ1v) is 5.88. The van der Waals surface area contributed by atoms with Gasteiger partial charge in [0.05, 0.1) is 11.3 Å². The van der Waals surface area contributed by atoms with Crippen LogP contribution in [0.1, 0.15) is 16.8 Å². The molecular formula is C11H9BrFNO3. The maximum atomic E-state index is 13.0. The van der Waals surface area contributed by atoms with Crippen molar-refractivity contribution in [2.45, 2.75) is 11.2 Å². The van der Waals surface area contributed by atoms with E-state index < -0.39 is 11.8 Å². The molecule has 0 aromatic heterocycles. The van der Waals surface area contributed by atoms with Crippen LogP contribution in [0.2, 0.25) is 0 Å². The number of alkyl halides is 1. The lowest BCUT2D eigenvalue weighted by molar-refractivity contribution is -0.117. The first kappa shape index (κ1) is 12.0. The molecule has 1 aliphatic rings. The number of anilines is 1. The first-order chi connectivity index (χ1) is 7.99. The lowest BCUT2D eigenvalue weighted by atomic mass is 10.1. The van der Waals surface area contributed by atoms with Crippen molar-refractivity contribution in [2.24, 2.45) is 0 Å². The average Bonchev–Trinajstić information content (AvgIpc) is 2.57. The predicted molar refractivity (Wildman–Crippen MR) is 63.0 cm³/mol. The van der Waals surface area contributed by atoms with Gasteiger partial charge >= 0.3 is 5.97 Å². The van der Waals surface area contributed by atoms with E-state index in [1.165, 1.54) is 11.0 Å². The Balaban J connectivity index is 2.45. The van der Waals surface area contributed by atoms with Crippen LogP contribution in [0, 0.1) is 5.82 Å². The normalized spacial score (nSPS) is 19.8. The van der Waals surface area contributed by atoms with Crippen LogP contribution < -0.4 is 4.90 Å². The number of rotatable bonds is 2. The van der Waals surface area contributed by atoms with Crippen LogP contribution in [0.25, 0.3) is 0 Å². The highest BCUT2D eigenvalue weighted by Gasteiger charge is 2.31. The summed E-state index contributed by atoms with van der Waals surface area (Å²) in [5.41, 5.74) is 0.0470. The molecule has 1 aliphatic heterocycles. The first-order valence-electron chi connectivity index (χ1n) is 4.96. The summed E-state index contributed by atoms with van der Waals surface area (Å²) in [5.74, 6) is -2.04. The van der Waals surface area contributed by atoms with Crippen molar-refractivity contribution < 1.29 is 19.1 Å². The number of hydrogen-bond acceptors (Lipinski definition) is 2. The molecule has 90 valence electrons. The number of carbonyl (C=O) groups is 2. The molecule has 17 heavy (non-hydrogen) atoms. The number of halogens is 2. The van der Waals surface area contributed by atoms with Crippen molar-refractivity contribution in [3.8, 4) is 0 Å². The van der Waals surface area contributed by atoms with E-state index in [1.807, 2.05) is 0 Å². The van der Waals surface area contributed by atoms with Crippen molar-refractivity contribution in [2.75, 3.05) is 11.4 Å². The molecule has 0 radical (unpaired) electrons. The molecule has 1 aromatic rings. The fourth-order valence-corrected chi connectivity index (χ4v) is 2.38. The summed E-state index contributed by atoms with van der Waals surface area (Å²) in [6.45, 7) is 0.394. The van der Waals surface area contributed by atoms with E-state index in [0.29, 0.717) is 13.0 Å². The Labute approximate surface area is 105 Å². The number of aromatic carboxylic acids is 1. The minimum Gasteiger partial charge on any atom is -0.478 e. The fourth-order valence-electron chi connectivity index (χ4n) is 1.81. The van der Waals surface area contributed by atoms with E-state index in [4.69, 9.17) is 5.11 Å². The zero-order valence-corrected chi connectivity index (χ0v) is 10.3. The quantitative estimate of drug-likeness (QED) is 0.850. The molecule has 4 nitrogen and oxygen atoms in total. The molecular weight excluding hydrogens is 293 g/mol. The predicted octanol–water partition coefficient (Wildman–Crippen LogP) is 2.02. The van der Waals surface area contributed by atoms with Crippen molar-refractivity contribution >= 4 is 33.5 Å². The highest BCUT2D eigenvalue weighted by molar-refractivity contribution is 9.09. The molecule has 1 unspecified atom stereocenters. The van der Waals surface area contributed by atoms with Gasteiger partial charge in [0.2, 0.25) is 5.91 Å². The molecule has 0 bridgehead atoms. The molecule has 6 heteroatoms. The zero-order chi connectivity index (χ0) is 12.6. The lowest BCUT2D eigenvalue weighted by Crippen LogP contribution is -2.26. The van der Waals surface area contributed by atoms with Crippen LogP contribution in [0.15, 0.2) is 18.2 Å². The SMILES string of the molecule is O=C(O)c1cc(F)ccc1N1CC(Br)CC1=O. The second kappa shape index (κ2) is 4.44. The molecule has 0 saturated carbocycles. The van der Waals surface area contributed by atoms with E-state index >= 15 is 0 Å². The van der Waals surface area contributed by atoms with Gasteiger partial charge in [-0.1, -0.05) is 15.9 Å². The third-order valence-electron chi connectivity index (χ3n) is 2.56. The number of hydrogen-bond donors (Lipinski definition) is 1. The lowest BCUT2D eigenvalue weighted by Gasteiger charge is -2.18. The van der Waals surface area contributed by atoms with Gasteiger partial charge < -0.3 is 10.0 Å². The van der Waals surface area contributed by atoms with Gasteiger partial charge in [0.15, 0.2) is 0 Å². The summed E-state index contributed by atoms with van der Waals surface area (Å²) in [7, 11) is 0. The van der Waals surface area contributed by atoms with Gasteiger partial charge in [-0.25, -0.2) is 9.18 Å². The Morgan fingerprint density at radius 1 is 1.53 bits per heavy atom. The molecule has 1 fully saturated rings. The number of benzene rings is 1. The zero-order valence-electron chi connectivity index (χ0n) is 8.69. The van der Waals surface area contributed by atoms with E-state index in [1.54, 1.807) is 0 Å². The minimum atomic E-state index is -1.25. The van der Waals surface area contributed by atoms with Crippen LogP contribution in [0.4, 0.5) is 10.1 Å². The number of amides is 1. The Hall–Kier alpha value is -1.43. The monoisotopic (exact) mass is 301 g/mol. The third-order valence-corrected chi connectivity index (χ3v) is 3.17. The average molecular weight is 302 g/mol. The minimum absolute atomic E-state index is 0.00157. The van der Waals surface area contributed by atoms with Gasteiger partial charge in [-0.05, 0) is 18.2 Å². The standard InChI is InChI=1S/C11H9BrFNO3/c12-6-3-10(15)14(5-6)9-2-1-7(13)4-8(9)11(16)17/h1-2,4,6H,3,5H2,(H,16,17). The summed E-state index contributed by atoms with van der Waals surface area (Å²) < 4.78 is 13.0. The summed E-state index contributed by atoms with van der Waals surface area (Å²) in [6.07, 6.45) is 0.316. The van der Waals surface area contributed by atoms with E-state index in [2.05, 4.69) is 15.9 Å². The van der Waals surface area contributed by atoms with Gasteiger partial charge in [0.1, 0.15) is 5.82 Å². The van der Waals surface area contributed by atoms with E-state index in [-0.39, 0.29) is 22.0 Å². The second-order valence-electron chi connectivity index (χ2n) is 3.77. The molecule has 1 saturated heterocycles. The van der Waals surface area contributed by atoms with Crippen molar-refractivity contribution in [3.63, 3.8) is 0 Å². The molecule has 0 spiro atoms. The molecule has 1 atom stereocenters. The fraction of sp³-hybridized carbons (Fsp3) is 0.273. The second-order valence-corrected chi connectivity index (χ2v) is 5.07. The Morgan fingerprint density at radius 2 is 2.24 bits per heavy atom. The molecule has 1 aromatic carbocycles. The van der Waals surface area contributed by atoms with Gasteiger partial charge in [0, 0.05) is 17.8 Å². The van der Waals surface area contributed by atoms with Crippen molar-refractivity contribution in [1.29, 1.82) is 0 Å². The van der Waals surface area contributed by atoms with E-state index in [0.717, 1.165) is 12.1 Å². The summed E-state index contributed by atoms with van der Waals surface area (Å²) in [4.78, 5) is 24.0. The van der Waals surface area contributed by atoms with Crippen LogP contribution in [-0.2, 0) is 4.79 Å². The number of carboxylic acid groups (broad SMARTS) is 1. The van der Waals surface area contributed by atoms with Crippen LogP contribution in [0.3, 0.4) is 0 Å². The highest BCUT2D eigenvalue weighted by Crippen LogP contribution is 2.28. The summed E-state index contributed by atoms with van der Waals surface area (Å²) >= 11 is 3.31. The van der Waals surface area contributed by atoms with Crippen molar-refractivity contribution in [1.82, 2.24) is 0 Å². The van der Waals surface area contributed by atoms with Crippen LogP contribution in [0.5, 0.6) is 0 Å². The largest absolute Gasteiger partial charge is 0.478 e. The number of carboxylic acids is 1. The Morgan fingerprint density at radius 3 is 2.76 bits per heavy atom. The van der Waals surface area contributed by atoms with Gasteiger partial charge in [-0.2, -0.15) is 0 Å². The van der Waals surface area contributed by atoms with Gasteiger partial charge in [0.25, 0.3) is 0 Å². The van der Waals surface area contributed by atoms with Crippen LogP contribution in [-0.4, -0.2) is 28.4 Å².